The van der Waals surface area contributed by atoms with E-state index in [1.807, 2.05) is 6.92 Å². The zero-order chi connectivity index (χ0) is 18.8. The Morgan fingerprint density at radius 1 is 1.23 bits per heavy atom. The van der Waals surface area contributed by atoms with Gasteiger partial charge in [-0.3, -0.25) is 5.32 Å². The van der Waals surface area contributed by atoms with E-state index in [0.29, 0.717) is 32.9 Å². The summed E-state index contributed by atoms with van der Waals surface area (Å²) in [7, 11) is -3.25. The number of piperidine rings is 1. The Balaban J connectivity index is 1.48. The lowest BCUT2D eigenvalue weighted by Crippen LogP contribution is -2.51. The molecule has 26 heavy (non-hydrogen) atoms. The van der Waals surface area contributed by atoms with E-state index in [9.17, 15) is 8.42 Å². The molecule has 0 amide bonds. The van der Waals surface area contributed by atoms with Crippen LogP contribution >= 0.6 is 0 Å². The molecule has 6 nitrogen and oxygen atoms in total. The lowest BCUT2D eigenvalue weighted by molar-refractivity contribution is 0.0101. The fraction of sp³-hybridized carbons (Fsp3) is 0.684. The highest BCUT2D eigenvalue weighted by atomic mass is 32.2. The number of sulfonamides is 1. The number of hydrogen-bond acceptors (Lipinski definition) is 5. The molecule has 0 radical (unpaired) electrons. The van der Waals surface area contributed by atoms with E-state index >= 15 is 0 Å². The average Bonchev–Trinajstić information content (AvgIpc) is 3.01. The molecule has 0 aliphatic carbocycles. The molecule has 3 rings (SSSR count). The van der Waals surface area contributed by atoms with Crippen LogP contribution in [0.15, 0.2) is 18.2 Å². The van der Waals surface area contributed by atoms with Crippen LogP contribution in [0.5, 0.6) is 0 Å². The third-order valence-electron chi connectivity index (χ3n) is 5.51. The highest BCUT2D eigenvalue weighted by Gasteiger charge is 2.37. The maximum absolute atomic E-state index is 12.7. The second-order valence-electron chi connectivity index (χ2n) is 7.93. The van der Waals surface area contributed by atoms with Crippen LogP contribution in [0.25, 0.3) is 0 Å². The number of aryl methyl sites for hydroxylation is 2. The van der Waals surface area contributed by atoms with Gasteiger partial charge in [-0.2, -0.15) is 0 Å². The Bertz CT molecular complexity index is 722. The van der Waals surface area contributed by atoms with Crippen molar-refractivity contribution in [3.05, 3.63) is 34.9 Å². The Morgan fingerprint density at radius 2 is 1.96 bits per heavy atom. The van der Waals surface area contributed by atoms with Crippen LogP contribution in [0.4, 0.5) is 0 Å². The molecule has 7 heteroatoms. The zero-order valence-corrected chi connectivity index (χ0v) is 16.9. The molecule has 1 atom stereocenters. The third-order valence-corrected chi connectivity index (χ3v) is 7.66. The van der Waals surface area contributed by atoms with Gasteiger partial charge in [0.1, 0.15) is 0 Å². The summed E-state index contributed by atoms with van der Waals surface area (Å²) < 4.78 is 33.1. The SMILES string of the molecule is Cc1ccc(COC2CCN(S(=O)(=O)C[C@]3(C)CNCN3)CC2)cc1C. The van der Waals surface area contributed by atoms with E-state index in [-0.39, 0.29) is 17.4 Å². The largest absolute Gasteiger partial charge is 0.373 e. The fourth-order valence-electron chi connectivity index (χ4n) is 3.66. The number of rotatable bonds is 6. The van der Waals surface area contributed by atoms with Crippen LogP contribution < -0.4 is 10.6 Å². The summed E-state index contributed by atoms with van der Waals surface area (Å²) in [6.07, 6.45) is 1.64. The van der Waals surface area contributed by atoms with E-state index < -0.39 is 10.0 Å². The molecule has 0 bridgehead atoms. The average molecular weight is 382 g/mol. The Labute approximate surface area is 157 Å². The highest BCUT2D eigenvalue weighted by molar-refractivity contribution is 7.89. The van der Waals surface area contributed by atoms with Gasteiger partial charge in [0.15, 0.2) is 0 Å². The number of hydrogen-bond donors (Lipinski definition) is 2. The smallest absolute Gasteiger partial charge is 0.215 e. The predicted octanol–water partition coefficient (Wildman–Crippen LogP) is 1.52. The molecule has 0 saturated carbocycles. The summed E-state index contributed by atoms with van der Waals surface area (Å²) in [5, 5.41) is 6.41. The van der Waals surface area contributed by atoms with Crippen LogP contribution in [-0.2, 0) is 21.4 Å². The van der Waals surface area contributed by atoms with Gasteiger partial charge in [0, 0.05) is 31.8 Å². The van der Waals surface area contributed by atoms with Crippen LogP contribution in [0.3, 0.4) is 0 Å². The highest BCUT2D eigenvalue weighted by Crippen LogP contribution is 2.21. The minimum absolute atomic E-state index is 0.130. The van der Waals surface area contributed by atoms with Gasteiger partial charge in [-0.1, -0.05) is 18.2 Å². The lowest BCUT2D eigenvalue weighted by Gasteiger charge is -2.33. The van der Waals surface area contributed by atoms with E-state index in [4.69, 9.17) is 4.74 Å². The first kappa shape index (κ1) is 19.8. The molecule has 2 saturated heterocycles. The van der Waals surface area contributed by atoms with Crippen molar-refractivity contribution in [3.8, 4) is 0 Å². The van der Waals surface area contributed by atoms with Crippen LogP contribution in [0, 0.1) is 13.8 Å². The van der Waals surface area contributed by atoms with Crippen molar-refractivity contribution in [1.29, 1.82) is 0 Å². The first-order chi connectivity index (χ1) is 12.3. The second-order valence-corrected chi connectivity index (χ2v) is 9.89. The van der Waals surface area contributed by atoms with Crippen LogP contribution in [0.1, 0.15) is 36.5 Å². The molecule has 146 valence electrons. The number of benzene rings is 1. The van der Waals surface area contributed by atoms with Crippen LogP contribution in [0.2, 0.25) is 0 Å². The monoisotopic (exact) mass is 381 g/mol. The molecule has 1 aromatic rings. The molecule has 2 fully saturated rings. The molecule has 2 aliphatic rings. The van der Waals surface area contributed by atoms with E-state index in [2.05, 4.69) is 42.7 Å². The van der Waals surface area contributed by atoms with E-state index in [1.165, 1.54) is 16.7 Å². The summed E-state index contributed by atoms with van der Waals surface area (Å²) >= 11 is 0. The lowest BCUT2D eigenvalue weighted by atomic mass is 10.1. The molecule has 0 unspecified atom stereocenters. The Kier molecular flexibility index (Phi) is 6.04. The van der Waals surface area contributed by atoms with Gasteiger partial charge in [-0.25, -0.2) is 12.7 Å². The van der Waals surface area contributed by atoms with Gasteiger partial charge in [0.25, 0.3) is 0 Å². The van der Waals surface area contributed by atoms with Gasteiger partial charge in [0.05, 0.1) is 18.5 Å². The second kappa shape index (κ2) is 7.94. The maximum Gasteiger partial charge on any atom is 0.215 e. The summed E-state index contributed by atoms with van der Waals surface area (Å²) in [6, 6.07) is 6.39. The normalized spacial score (nSPS) is 25.7. The van der Waals surface area contributed by atoms with Crippen molar-refractivity contribution in [2.24, 2.45) is 0 Å². The summed E-state index contributed by atoms with van der Waals surface area (Å²) in [5.41, 5.74) is 3.36. The van der Waals surface area contributed by atoms with Crippen molar-refractivity contribution < 1.29 is 13.2 Å². The summed E-state index contributed by atoms with van der Waals surface area (Å²) in [5.74, 6) is 0.140. The molecule has 2 heterocycles. The molecule has 1 aromatic carbocycles. The Hall–Kier alpha value is -0.990. The van der Waals surface area contributed by atoms with Gasteiger partial charge < -0.3 is 10.1 Å². The predicted molar refractivity (Wildman–Crippen MR) is 103 cm³/mol. The fourth-order valence-corrected chi connectivity index (χ4v) is 5.62. The Morgan fingerprint density at radius 3 is 2.58 bits per heavy atom. The molecular formula is C19H31N3O3S. The molecular weight excluding hydrogens is 350 g/mol. The molecule has 2 N–H and O–H groups in total. The molecule has 2 aliphatic heterocycles. The van der Waals surface area contributed by atoms with Crippen molar-refractivity contribution in [1.82, 2.24) is 14.9 Å². The van der Waals surface area contributed by atoms with Crippen molar-refractivity contribution in [2.75, 3.05) is 32.1 Å². The third kappa shape index (κ3) is 4.84. The minimum atomic E-state index is -3.25. The number of ether oxygens (including phenoxy) is 1. The first-order valence-corrected chi connectivity index (χ1v) is 11.0. The van der Waals surface area contributed by atoms with Gasteiger partial charge in [0.2, 0.25) is 10.0 Å². The van der Waals surface area contributed by atoms with E-state index in [1.54, 1.807) is 4.31 Å². The standard InChI is InChI=1S/C19H31N3O3S/c1-15-4-5-17(10-16(15)2)11-25-18-6-8-22(9-7-18)26(23,24)13-19(3)12-20-14-21-19/h4-5,10,18,20-21H,6-9,11-14H2,1-3H3/t19-/m0/s1. The first-order valence-electron chi connectivity index (χ1n) is 9.39. The number of nitrogens with one attached hydrogen (secondary N) is 2. The van der Waals surface area contributed by atoms with Crippen LogP contribution in [-0.4, -0.2) is 56.4 Å². The molecule has 0 spiro atoms. The van der Waals surface area contributed by atoms with Crippen molar-refractivity contribution >= 4 is 10.0 Å². The van der Waals surface area contributed by atoms with Gasteiger partial charge >= 0.3 is 0 Å². The quantitative estimate of drug-likeness (QED) is 0.782. The van der Waals surface area contributed by atoms with Gasteiger partial charge in [-0.15, -0.1) is 0 Å². The number of nitrogens with zero attached hydrogens (tertiary/aromatic N) is 1. The minimum Gasteiger partial charge on any atom is -0.373 e. The maximum atomic E-state index is 12.7. The van der Waals surface area contributed by atoms with Gasteiger partial charge in [-0.05, 0) is 50.3 Å². The summed E-state index contributed by atoms with van der Waals surface area (Å²) in [4.78, 5) is 0. The van der Waals surface area contributed by atoms with Crippen molar-refractivity contribution in [2.45, 2.75) is 51.9 Å². The summed E-state index contributed by atoms with van der Waals surface area (Å²) in [6.45, 7) is 9.20. The van der Waals surface area contributed by atoms with E-state index in [0.717, 1.165) is 12.8 Å². The van der Waals surface area contributed by atoms with Crippen molar-refractivity contribution in [3.63, 3.8) is 0 Å². The topological polar surface area (TPSA) is 70.7 Å². The zero-order valence-electron chi connectivity index (χ0n) is 16.0. The molecule has 0 aromatic heterocycles.